The second kappa shape index (κ2) is 4.47. The molecule has 0 heterocycles. The van der Waals surface area contributed by atoms with Gasteiger partial charge in [0.05, 0.1) is 11.7 Å². The van der Waals surface area contributed by atoms with Gasteiger partial charge >= 0.3 is 0 Å². The van der Waals surface area contributed by atoms with Crippen LogP contribution < -0.4 is 10.5 Å². The highest BCUT2D eigenvalue weighted by molar-refractivity contribution is 5.95. The van der Waals surface area contributed by atoms with Crippen LogP contribution in [0.15, 0.2) is 18.2 Å². The van der Waals surface area contributed by atoms with E-state index in [-0.39, 0.29) is 11.9 Å². The minimum Gasteiger partial charge on any atom is -0.490 e. The molecule has 0 spiro atoms. The van der Waals surface area contributed by atoms with Crippen LogP contribution in [0.25, 0.3) is 0 Å². The van der Waals surface area contributed by atoms with Crippen molar-refractivity contribution < 1.29 is 4.74 Å². The normalized spacial score (nSPS) is 9.73. The number of nitrogens with one attached hydrogen (secondary N) is 1. The molecule has 0 aliphatic rings. The van der Waals surface area contributed by atoms with Gasteiger partial charge in [-0.2, -0.15) is 5.26 Å². The molecule has 0 saturated heterocycles. The number of ether oxygens (including phenoxy) is 1. The van der Waals surface area contributed by atoms with Crippen molar-refractivity contribution in [3.8, 4) is 11.8 Å². The first-order valence-electron chi connectivity index (χ1n) is 4.59. The van der Waals surface area contributed by atoms with Crippen molar-refractivity contribution in [2.45, 2.75) is 20.0 Å². The first-order chi connectivity index (χ1) is 7.04. The molecule has 0 aliphatic heterocycles. The van der Waals surface area contributed by atoms with Crippen molar-refractivity contribution in [2.24, 2.45) is 5.73 Å². The molecule has 1 rings (SSSR count). The lowest BCUT2D eigenvalue weighted by Gasteiger charge is -2.11. The Morgan fingerprint density at radius 3 is 2.67 bits per heavy atom. The molecule has 0 amide bonds. The summed E-state index contributed by atoms with van der Waals surface area (Å²) >= 11 is 0. The Bertz CT molecular complexity index is 418. The number of nitriles is 1. The molecule has 78 valence electrons. The van der Waals surface area contributed by atoms with Gasteiger partial charge in [-0.1, -0.05) is 0 Å². The van der Waals surface area contributed by atoms with Gasteiger partial charge in [0.1, 0.15) is 17.7 Å². The van der Waals surface area contributed by atoms with E-state index in [9.17, 15) is 0 Å². The molecule has 0 fully saturated rings. The van der Waals surface area contributed by atoms with Crippen LogP contribution in [0.2, 0.25) is 0 Å². The zero-order chi connectivity index (χ0) is 11.4. The summed E-state index contributed by atoms with van der Waals surface area (Å²) in [6.07, 6.45) is 0.0141. The topological polar surface area (TPSA) is 82.9 Å². The Labute approximate surface area is 88.8 Å². The lowest BCUT2D eigenvalue weighted by atomic mass is 10.1. The van der Waals surface area contributed by atoms with E-state index in [1.54, 1.807) is 18.2 Å². The maximum absolute atomic E-state index is 8.90. The minimum absolute atomic E-state index is 0.0141. The van der Waals surface area contributed by atoms with E-state index >= 15 is 0 Å². The molecular weight excluding hydrogens is 190 g/mol. The van der Waals surface area contributed by atoms with Crippen LogP contribution in [-0.2, 0) is 0 Å². The largest absolute Gasteiger partial charge is 0.490 e. The summed E-state index contributed by atoms with van der Waals surface area (Å²) in [5.41, 5.74) is 6.25. The van der Waals surface area contributed by atoms with Crippen molar-refractivity contribution in [3.05, 3.63) is 29.3 Å². The zero-order valence-electron chi connectivity index (χ0n) is 8.74. The van der Waals surface area contributed by atoms with Crippen molar-refractivity contribution in [2.75, 3.05) is 0 Å². The second-order valence-corrected chi connectivity index (χ2v) is 3.40. The fraction of sp³-hybridized carbons (Fsp3) is 0.273. The number of hydrogen-bond acceptors (Lipinski definition) is 3. The average molecular weight is 203 g/mol. The molecule has 0 aliphatic carbocycles. The summed E-state index contributed by atoms with van der Waals surface area (Å²) < 4.78 is 5.44. The van der Waals surface area contributed by atoms with Crippen molar-refractivity contribution >= 4 is 5.84 Å². The summed E-state index contributed by atoms with van der Waals surface area (Å²) in [5, 5.41) is 16.1. The Morgan fingerprint density at radius 2 is 2.20 bits per heavy atom. The monoisotopic (exact) mass is 203 g/mol. The van der Waals surface area contributed by atoms with E-state index in [4.69, 9.17) is 21.1 Å². The van der Waals surface area contributed by atoms with Gasteiger partial charge in [0.15, 0.2) is 0 Å². The molecule has 0 aromatic heterocycles. The van der Waals surface area contributed by atoms with Crippen LogP contribution in [0.3, 0.4) is 0 Å². The first kappa shape index (κ1) is 11.1. The third-order valence-corrected chi connectivity index (χ3v) is 1.77. The zero-order valence-corrected chi connectivity index (χ0v) is 8.74. The van der Waals surface area contributed by atoms with Gasteiger partial charge in [-0.3, -0.25) is 5.41 Å². The van der Waals surface area contributed by atoms with Crippen molar-refractivity contribution in [1.82, 2.24) is 0 Å². The van der Waals surface area contributed by atoms with Gasteiger partial charge in [-0.05, 0) is 32.0 Å². The summed E-state index contributed by atoms with van der Waals surface area (Å²) in [6.45, 7) is 3.78. The predicted octanol–water partition coefficient (Wildman–Crippen LogP) is 1.63. The summed E-state index contributed by atoms with van der Waals surface area (Å²) in [5.74, 6) is 0.472. The minimum atomic E-state index is -0.0532. The molecule has 3 N–H and O–H groups in total. The van der Waals surface area contributed by atoms with Crippen LogP contribution in [0.4, 0.5) is 0 Å². The molecule has 4 nitrogen and oxygen atoms in total. The number of rotatable bonds is 3. The van der Waals surface area contributed by atoms with Crippen LogP contribution >= 0.6 is 0 Å². The van der Waals surface area contributed by atoms with E-state index in [1.165, 1.54) is 0 Å². The number of benzene rings is 1. The number of nitrogens with zero attached hydrogens (tertiary/aromatic N) is 1. The Balaban J connectivity index is 3.11. The molecular formula is C11H13N3O. The maximum Gasteiger partial charge on any atom is 0.137 e. The van der Waals surface area contributed by atoms with Gasteiger partial charge in [-0.25, -0.2) is 0 Å². The van der Waals surface area contributed by atoms with E-state index < -0.39 is 0 Å². The number of hydrogen-bond donors (Lipinski definition) is 2. The molecule has 0 bridgehead atoms. The Morgan fingerprint density at radius 1 is 1.53 bits per heavy atom. The van der Waals surface area contributed by atoms with Gasteiger partial charge in [0.25, 0.3) is 0 Å². The number of amidine groups is 1. The molecule has 1 aromatic rings. The van der Waals surface area contributed by atoms with Crippen LogP contribution in [0.1, 0.15) is 25.0 Å². The van der Waals surface area contributed by atoms with Crippen LogP contribution in [-0.4, -0.2) is 11.9 Å². The second-order valence-electron chi connectivity index (χ2n) is 3.40. The number of nitrogens with two attached hydrogens (primary N) is 1. The molecule has 4 heteroatoms. The Hall–Kier alpha value is -2.02. The van der Waals surface area contributed by atoms with Crippen LogP contribution in [0, 0.1) is 16.7 Å². The summed E-state index contributed by atoms with van der Waals surface area (Å²) in [7, 11) is 0. The smallest absolute Gasteiger partial charge is 0.137 e. The predicted molar refractivity (Wildman–Crippen MR) is 57.9 cm³/mol. The van der Waals surface area contributed by atoms with E-state index in [1.807, 2.05) is 19.9 Å². The van der Waals surface area contributed by atoms with Gasteiger partial charge in [0.2, 0.25) is 0 Å². The average Bonchev–Trinajstić information content (AvgIpc) is 2.17. The fourth-order valence-corrected chi connectivity index (χ4v) is 1.14. The first-order valence-corrected chi connectivity index (χ1v) is 4.59. The third kappa shape index (κ3) is 2.71. The number of nitrogen functional groups attached to an aromatic ring is 1. The van der Waals surface area contributed by atoms with Gasteiger partial charge in [-0.15, -0.1) is 0 Å². The van der Waals surface area contributed by atoms with E-state index in [0.29, 0.717) is 16.9 Å². The van der Waals surface area contributed by atoms with Crippen molar-refractivity contribution in [3.63, 3.8) is 0 Å². The molecule has 1 aromatic carbocycles. The molecule has 0 saturated carbocycles. The molecule has 0 unspecified atom stereocenters. The van der Waals surface area contributed by atoms with Gasteiger partial charge in [0, 0.05) is 5.56 Å². The van der Waals surface area contributed by atoms with Crippen LogP contribution in [0.5, 0.6) is 5.75 Å². The highest BCUT2D eigenvalue weighted by Gasteiger charge is 2.07. The van der Waals surface area contributed by atoms with Gasteiger partial charge < -0.3 is 10.5 Å². The molecule has 0 atom stereocenters. The standard InChI is InChI=1S/C11H13N3O/c1-7(2)15-10-4-3-8(11(13)14)5-9(10)6-12/h3-5,7H,1-2H3,(H3,13,14). The lowest BCUT2D eigenvalue weighted by molar-refractivity contribution is 0.241. The maximum atomic E-state index is 8.90. The lowest BCUT2D eigenvalue weighted by Crippen LogP contribution is -2.12. The highest BCUT2D eigenvalue weighted by Crippen LogP contribution is 2.20. The summed E-state index contributed by atoms with van der Waals surface area (Å²) in [4.78, 5) is 0. The third-order valence-electron chi connectivity index (χ3n) is 1.77. The summed E-state index contributed by atoms with van der Waals surface area (Å²) in [6, 6.07) is 6.90. The molecule has 15 heavy (non-hydrogen) atoms. The highest BCUT2D eigenvalue weighted by atomic mass is 16.5. The quantitative estimate of drug-likeness (QED) is 0.578. The van der Waals surface area contributed by atoms with E-state index in [0.717, 1.165) is 0 Å². The SMILES string of the molecule is CC(C)Oc1ccc(C(=N)N)cc1C#N. The van der Waals surface area contributed by atoms with Crippen molar-refractivity contribution in [1.29, 1.82) is 10.7 Å². The van der Waals surface area contributed by atoms with E-state index in [2.05, 4.69) is 0 Å². The molecule has 0 radical (unpaired) electrons. The Kier molecular flexibility index (Phi) is 3.29. The fourth-order valence-electron chi connectivity index (χ4n) is 1.14.